The van der Waals surface area contributed by atoms with Crippen LogP contribution < -0.4 is 9.47 Å². The van der Waals surface area contributed by atoms with Crippen LogP contribution in [-0.4, -0.2) is 62.1 Å². The average molecular weight is 360 g/mol. The van der Waals surface area contributed by atoms with Gasteiger partial charge in [0.1, 0.15) is 0 Å². The molecule has 2 aliphatic rings. The molecule has 5 nitrogen and oxygen atoms in total. The van der Waals surface area contributed by atoms with Crippen molar-refractivity contribution in [2.75, 3.05) is 40.4 Å². The predicted molar refractivity (Wildman–Crippen MR) is 103 cm³/mol. The summed E-state index contributed by atoms with van der Waals surface area (Å²) in [5.74, 6) is 1.71. The van der Waals surface area contributed by atoms with Gasteiger partial charge in [0, 0.05) is 38.6 Å². The molecule has 144 valence electrons. The number of rotatable bonds is 6. The number of ether oxygens (including phenoxy) is 2. The van der Waals surface area contributed by atoms with E-state index in [0.717, 1.165) is 55.7 Å². The highest BCUT2D eigenvalue weighted by Crippen LogP contribution is 2.28. The van der Waals surface area contributed by atoms with E-state index in [1.54, 1.807) is 14.2 Å². The summed E-state index contributed by atoms with van der Waals surface area (Å²) in [7, 11) is 3.27. The van der Waals surface area contributed by atoms with Gasteiger partial charge in [-0.15, -0.1) is 0 Å². The van der Waals surface area contributed by atoms with E-state index >= 15 is 0 Å². The topological polar surface area (TPSA) is 42.0 Å². The van der Waals surface area contributed by atoms with Crippen molar-refractivity contribution < 1.29 is 14.3 Å². The Bertz CT molecular complexity index is 591. The van der Waals surface area contributed by atoms with E-state index < -0.39 is 0 Å². The van der Waals surface area contributed by atoms with Crippen LogP contribution in [0.4, 0.5) is 0 Å². The fourth-order valence-corrected chi connectivity index (χ4v) is 4.23. The van der Waals surface area contributed by atoms with Gasteiger partial charge in [0.25, 0.3) is 0 Å². The monoisotopic (exact) mass is 360 g/mol. The Morgan fingerprint density at radius 3 is 2.35 bits per heavy atom. The number of hydrogen-bond donors (Lipinski definition) is 0. The van der Waals surface area contributed by atoms with Crippen LogP contribution in [0.2, 0.25) is 0 Å². The van der Waals surface area contributed by atoms with Gasteiger partial charge < -0.3 is 14.4 Å². The third-order valence-corrected chi connectivity index (χ3v) is 5.83. The Morgan fingerprint density at radius 2 is 1.69 bits per heavy atom. The summed E-state index contributed by atoms with van der Waals surface area (Å²) in [6.45, 7) is 3.82. The first-order chi connectivity index (χ1) is 12.7. The van der Waals surface area contributed by atoms with Crippen LogP contribution in [0.5, 0.6) is 11.5 Å². The van der Waals surface area contributed by atoms with E-state index in [1.807, 2.05) is 23.1 Å². The van der Waals surface area contributed by atoms with E-state index in [4.69, 9.17) is 9.47 Å². The van der Waals surface area contributed by atoms with Crippen LogP contribution in [0.25, 0.3) is 0 Å². The molecule has 1 saturated heterocycles. The highest BCUT2D eigenvalue weighted by Gasteiger charge is 2.26. The van der Waals surface area contributed by atoms with Gasteiger partial charge >= 0.3 is 0 Å². The first-order valence-corrected chi connectivity index (χ1v) is 9.94. The number of amides is 1. The SMILES string of the molecule is COc1ccc(CCC(=O)N2CCN(C3CCCCC3)CC2)cc1OC. The number of carbonyl (C=O) groups is 1. The molecule has 5 heteroatoms. The third kappa shape index (κ3) is 4.70. The quantitative estimate of drug-likeness (QED) is 0.782. The van der Waals surface area contributed by atoms with E-state index in [0.29, 0.717) is 6.42 Å². The molecule has 0 bridgehead atoms. The standard InChI is InChI=1S/C21H32N2O3/c1-25-19-10-8-17(16-20(19)26-2)9-11-21(24)23-14-12-22(13-15-23)18-6-4-3-5-7-18/h8,10,16,18H,3-7,9,11-15H2,1-2H3. The summed E-state index contributed by atoms with van der Waals surface area (Å²) in [5.41, 5.74) is 1.11. The van der Waals surface area contributed by atoms with Gasteiger partial charge in [0.15, 0.2) is 11.5 Å². The molecular weight excluding hydrogens is 328 g/mol. The molecule has 1 aromatic carbocycles. The lowest BCUT2D eigenvalue weighted by Gasteiger charge is -2.40. The van der Waals surface area contributed by atoms with Gasteiger partial charge in [-0.25, -0.2) is 0 Å². The molecule has 0 atom stereocenters. The Balaban J connectivity index is 1.45. The van der Waals surface area contributed by atoms with Crippen molar-refractivity contribution in [3.05, 3.63) is 23.8 Å². The van der Waals surface area contributed by atoms with Gasteiger partial charge in [0.05, 0.1) is 14.2 Å². The van der Waals surface area contributed by atoms with Crippen molar-refractivity contribution in [3.63, 3.8) is 0 Å². The lowest BCUT2D eigenvalue weighted by Crippen LogP contribution is -2.52. The second-order valence-electron chi connectivity index (χ2n) is 7.40. The maximum atomic E-state index is 12.6. The lowest BCUT2D eigenvalue weighted by atomic mass is 9.94. The van der Waals surface area contributed by atoms with Crippen molar-refractivity contribution in [1.82, 2.24) is 9.80 Å². The van der Waals surface area contributed by atoms with E-state index in [-0.39, 0.29) is 5.91 Å². The normalized spacial score (nSPS) is 19.4. The first kappa shape index (κ1) is 19.0. The van der Waals surface area contributed by atoms with Crippen LogP contribution >= 0.6 is 0 Å². The van der Waals surface area contributed by atoms with Crippen molar-refractivity contribution in [2.24, 2.45) is 0 Å². The molecule has 26 heavy (non-hydrogen) atoms. The smallest absolute Gasteiger partial charge is 0.222 e. The van der Waals surface area contributed by atoms with Gasteiger partial charge in [-0.1, -0.05) is 25.3 Å². The fourth-order valence-electron chi connectivity index (χ4n) is 4.23. The molecule has 0 spiro atoms. The number of carbonyl (C=O) groups excluding carboxylic acids is 1. The number of aryl methyl sites for hydroxylation is 1. The molecule has 1 aromatic rings. The number of piperazine rings is 1. The summed E-state index contributed by atoms with van der Waals surface area (Å²) in [5, 5.41) is 0. The van der Waals surface area contributed by atoms with Crippen molar-refractivity contribution in [2.45, 2.75) is 51.0 Å². The molecule has 1 aliphatic heterocycles. The average Bonchev–Trinajstić information content (AvgIpc) is 2.72. The number of hydrogen-bond acceptors (Lipinski definition) is 4. The Labute approximate surface area is 157 Å². The van der Waals surface area contributed by atoms with Gasteiger partial charge in [0.2, 0.25) is 5.91 Å². The Kier molecular flexibility index (Phi) is 6.78. The zero-order valence-corrected chi connectivity index (χ0v) is 16.2. The minimum Gasteiger partial charge on any atom is -0.493 e. The molecular formula is C21H32N2O3. The van der Waals surface area contributed by atoms with Crippen molar-refractivity contribution in [1.29, 1.82) is 0 Å². The zero-order chi connectivity index (χ0) is 18.4. The Morgan fingerprint density at radius 1 is 1.00 bits per heavy atom. The van der Waals surface area contributed by atoms with Crippen LogP contribution in [0.15, 0.2) is 18.2 Å². The van der Waals surface area contributed by atoms with Gasteiger partial charge in [-0.05, 0) is 37.0 Å². The minimum atomic E-state index is 0.267. The predicted octanol–water partition coefficient (Wildman–Crippen LogP) is 3.11. The van der Waals surface area contributed by atoms with Crippen molar-refractivity contribution >= 4 is 5.91 Å². The number of methoxy groups -OCH3 is 2. The summed E-state index contributed by atoms with van der Waals surface area (Å²) in [6, 6.07) is 6.64. The van der Waals surface area contributed by atoms with Crippen LogP contribution in [0, 0.1) is 0 Å². The summed E-state index contributed by atoms with van der Waals surface area (Å²) < 4.78 is 10.6. The molecule has 0 aromatic heterocycles. The highest BCUT2D eigenvalue weighted by atomic mass is 16.5. The second-order valence-corrected chi connectivity index (χ2v) is 7.40. The highest BCUT2D eigenvalue weighted by molar-refractivity contribution is 5.76. The summed E-state index contributed by atoms with van der Waals surface area (Å²) in [6.07, 6.45) is 8.11. The maximum absolute atomic E-state index is 12.6. The van der Waals surface area contributed by atoms with E-state index in [2.05, 4.69) is 4.90 Å². The van der Waals surface area contributed by atoms with Crippen LogP contribution in [0.3, 0.4) is 0 Å². The molecule has 0 N–H and O–H groups in total. The number of nitrogens with zero attached hydrogens (tertiary/aromatic N) is 2. The lowest BCUT2D eigenvalue weighted by molar-refractivity contribution is -0.133. The summed E-state index contributed by atoms with van der Waals surface area (Å²) >= 11 is 0. The fraction of sp³-hybridized carbons (Fsp3) is 0.667. The van der Waals surface area contributed by atoms with E-state index in [9.17, 15) is 4.79 Å². The van der Waals surface area contributed by atoms with Gasteiger partial charge in [-0.2, -0.15) is 0 Å². The molecule has 1 heterocycles. The van der Waals surface area contributed by atoms with Crippen LogP contribution in [0.1, 0.15) is 44.1 Å². The molecule has 0 radical (unpaired) electrons. The minimum absolute atomic E-state index is 0.267. The molecule has 1 saturated carbocycles. The zero-order valence-electron chi connectivity index (χ0n) is 16.2. The van der Waals surface area contributed by atoms with Crippen molar-refractivity contribution in [3.8, 4) is 11.5 Å². The van der Waals surface area contributed by atoms with Crippen LogP contribution in [-0.2, 0) is 11.2 Å². The first-order valence-electron chi connectivity index (χ1n) is 9.94. The number of benzene rings is 1. The Hall–Kier alpha value is -1.75. The van der Waals surface area contributed by atoms with Gasteiger partial charge in [-0.3, -0.25) is 9.69 Å². The molecule has 0 unspecified atom stereocenters. The molecule has 2 fully saturated rings. The molecule has 1 amide bonds. The third-order valence-electron chi connectivity index (χ3n) is 5.83. The molecule has 3 rings (SSSR count). The summed E-state index contributed by atoms with van der Waals surface area (Å²) in [4.78, 5) is 17.2. The largest absolute Gasteiger partial charge is 0.493 e. The van der Waals surface area contributed by atoms with E-state index in [1.165, 1.54) is 32.1 Å². The maximum Gasteiger partial charge on any atom is 0.222 e. The second kappa shape index (κ2) is 9.26. The molecule has 1 aliphatic carbocycles.